The maximum Gasteiger partial charge on any atom is 0.196 e. The molecule has 1 heterocycles. The minimum Gasteiger partial charge on any atom is -0.440 e. The van der Waals surface area contributed by atoms with Gasteiger partial charge in [0.25, 0.3) is 0 Å². The first-order valence-corrected chi connectivity index (χ1v) is 5.51. The van der Waals surface area contributed by atoms with E-state index < -0.39 is 0 Å². The Morgan fingerprint density at radius 1 is 1.38 bits per heavy atom. The minimum atomic E-state index is 0.530. The molecule has 0 saturated carbocycles. The lowest BCUT2D eigenvalue weighted by molar-refractivity contribution is 0.508. The molecular weight excluding hydrogens is 224 g/mol. The number of hydrogen-bond acceptors (Lipinski definition) is 3. The zero-order chi connectivity index (χ0) is 11.5. The van der Waals surface area contributed by atoms with E-state index in [1.807, 2.05) is 31.2 Å². The third-order valence-electron chi connectivity index (χ3n) is 2.32. The van der Waals surface area contributed by atoms with Gasteiger partial charge < -0.3 is 10.2 Å². The molecule has 0 aliphatic rings. The Kier molecular flexibility index (Phi) is 3.27. The summed E-state index contributed by atoms with van der Waals surface area (Å²) >= 11 is 6.10. The summed E-state index contributed by atoms with van der Waals surface area (Å²) in [7, 11) is 0. The van der Waals surface area contributed by atoms with Crippen LogP contribution in [0.2, 0.25) is 5.02 Å². The molecule has 0 atom stereocenters. The first-order valence-electron chi connectivity index (χ1n) is 5.13. The molecule has 2 aromatic rings. The zero-order valence-electron chi connectivity index (χ0n) is 9.03. The summed E-state index contributed by atoms with van der Waals surface area (Å²) in [4.78, 5) is 4.31. The second kappa shape index (κ2) is 4.68. The fourth-order valence-electron chi connectivity index (χ4n) is 1.58. The van der Waals surface area contributed by atoms with Crippen LogP contribution < -0.4 is 5.73 Å². The van der Waals surface area contributed by atoms with Crippen LogP contribution in [0.1, 0.15) is 11.6 Å². The van der Waals surface area contributed by atoms with Crippen LogP contribution in [-0.4, -0.2) is 11.5 Å². The van der Waals surface area contributed by atoms with E-state index in [0.29, 0.717) is 23.9 Å². The summed E-state index contributed by atoms with van der Waals surface area (Å²) in [5, 5.41) is 0.668. The van der Waals surface area contributed by atoms with E-state index in [0.717, 1.165) is 17.0 Å². The van der Waals surface area contributed by atoms with E-state index in [1.54, 1.807) is 0 Å². The summed E-state index contributed by atoms with van der Waals surface area (Å²) in [6, 6.07) is 7.56. The van der Waals surface area contributed by atoms with Gasteiger partial charge in [-0.05, 0) is 19.1 Å². The number of oxazole rings is 1. The van der Waals surface area contributed by atoms with Gasteiger partial charge in [0.05, 0.1) is 10.7 Å². The van der Waals surface area contributed by atoms with Crippen LogP contribution >= 0.6 is 11.6 Å². The molecule has 2 rings (SSSR count). The molecule has 2 N–H and O–H groups in total. The maximum absolute atomic E-state index is 6.10. The summed E-state index contributed by atoms with van der Waals surface area (Å²) in [5.74, 6) is 1.39. The van der Waals surface area contributed by atoms with Gasteiger partial charge in [0.15, 0.2) is 11.7 Å². The van der Waals surface area contributed by atoms with Gasteiger partial charge >= 0.3 is 0 Å². The number of aryl methyl sites for hydroxylation is 1. The monoisotopic (exact) mass is 236 g/mol. The topological polar surface area (TPSA) is 52.0 Å². The molecular formula is C12H13ClN2O. The Morgan fingerprint density at radius 3 is 2.81 bits per heavy atom. The molecule has 84 valence electrons. The van der Waals surface area contributed by atoms with Gasteiger partial charge in [0.2, 0.25) is 0 Å². The molecule has 16 heavy (non-hydrogen) atoms. The van der Waals surface area contributed by atoms with Crippen LogP contribution in [0.25, 0.3) is 11.3 Å². The van der Waals surface area contributed by atoms with E-state index >= 15 is 0 Å². The van der Waals surface area contributed by atoms with E-state index in [2.05, 4.69) is 4.98 Å². The van der Waals surface area contributed by atoms with Crippen LogP contribution in [0.5, 0.6) is 0 Å². The van der Waals surface area contributed by atoms with Crippen LogP contribution in [0.3, 0.4) is 0 Å². The zero-order valence-corrected chi connectivity index (χ0v) is 9.79. The van der Waals surface area contributed by atoms with Crippen LogP contribution in [-0.2, 0) is 6.42 Å². The predicted molar refractivity (Wildman–Crippen MR) is 64.4 cm³/mol. The number of halogens is 1. The Hall–Kier alpha value is -1.32. The van der Waals surface area contributed by atoms with Crippen molar-refractivity contribution in [2.75, 3.05) is 6.54 Å². The van der Waals surface area contributed by atoms with Gasteiger partial charge in [-0.15, -0.1) is 0 Å². The fourth-order valence-corrected chi connectivity index (χ4v) is 1.80. The van der Waals surface area contributed by atoms with Crippen molar-refractivity contribution < 1.29 is 4.42 Å². The smallest absolute Gasteiger partial charge is 0.196 e. The molecule has 0 fully saturated rings. The summed E-state index contributed by atoms with van der Waals surface area (Å²) in [5.41, 5.74) is 7.18. The highest BCUT2D eigenvalue weighted by Crippen LogP contribution is 2.30. The molecule has 0 saturated heterocycles. The fraction of sp³-hybridized carbons (Fsp3) is 0.250. The average molecular weight is 237 g/mol. The molecule has 3 nitrogen and oxygen atoms in total. The van der Waals surface area contributed by atoms with E-state index in [4.69, 9.17) is 21.8 Å². The molecule has 4 heteroatoms. The molecule has 1 aromatic heterocycles. The molecule has 0 bridgehead atoms. The first-order chi connectivity index (χ1) is 7.72. The number of rotatable bonds is 3. The van der Waals surface area contributed by atoms with Crippen molar-refractivity contribution in [2.45, 2.75) is 13.3 Å². The van der Waals surface area contributed by atoms with Gasteiger partial charge in [-0.25, -0.2) is 4.98 Å². The first kappa shape index (κ1) is 11.2. The highest BCUT2D eigenvalue weighted by atomic mass is 35.5. The van der Waals surface area contributed by atoms with Crippen LogP contribution in [0.15, 0.2) is 28.7 Å². The summed E-state index contributed by atoms with van der Waals surface area (Å²) < 4.78 is 5.65. The second-order valence-corrected chi connectivity index (χ2v) is 3.95. The van der Waals surface area contributed by atoms with Gasteiger partial charge in [0, 0.05) is 18.5 Å². The van der Waals surface area contributed by atoms with Crippen molar-refractivity contribution in [3.8, 4) is 11.3 Å². The minimum absolute atomic E-state index is 0.530. The van der Waals surface area contributed by atoms with Crippen molar-refractivity contribution in [3.05, 3.63) is 40.9 Å². The normalized spacial score (nSPS) is 10.7. The number of benzene rings is 1. The van der Waals surface area contributed by atoms with Crippen LogP contribution in [0.4, 0.5) is 0 Å². The number of hydrogen-bond donors (Lipinski definition) is 1. The van der Waals surface area contributed by atoms with Crippen molar-refractivity contribution in [1.29, 1.82) is 0 Å². The lowest BCUT2D eigenvalue weighted by Gasteiger charge is -2.00. The highest BCUT2D eigenvalue weighted by Gasteiger charge is 2.13. The Morgan fingerprint density at radius 2 is 2.12 bits per heavy atom. The lowest BCUT2D eigenvalue weighted by Crippen LogP contribution is -2.02. The van der Waals surface area contributed by atoms with Crippen molar-refractivity contribution in [2.24, 2.45) is 5.73 Å². The molecule has 0 radical (unpaired) electrons. The van der Waals surface area contributed by atoms with Gasteiger partial charge in [0.1, 0.15) is 0 Å². The summed E-state index contributed by atoms with van der Waals surface area (Å²) in [6.45, 7) is 2.43. The highest BCUT2D eigenvalue weighted by molar-refractivity contribution is 6.33. The third-order valence-corrected chi connectivity index (χ3v) is 2.65. The Labute approximate surface area is 99.2 Å². The molecule has 0 aliphatic heterocycles. The predicted octanol–water partition coefficient (Wildman–Crippen LogP) is 2.80. The maximum atomic E-state index is 6.10. The molecule has 0 aliphatic carbocycles. The second-order valence-electron chi connectivity index (χ2n) is 3.54. The van der Waals surface area contributed by atoms with Gasteiger partial charge in [-0.3, -0.25) is 0 Å². The van der Waals surface area contributed by atoms with Crippen molar-refractivity contribution in [1.82, 2.24) is 4.98 Å². The SMILES string of the molecule is Cc1nc(CCN)oc1-c1ccccc1Cl. The Balaban J connectivity index is 2.44. The van der Waals surface area contributed by atoms with Crippen molar-refractivity contribution in [3.63, 3.8) is 0 Å². The van der Waals surface area contributed by atoms with Gasteiger partial charge in [-0.2, -0.15) is 0 Å². The average Bonchev–Trinajstić information content (AvgIpc) is 2.61. The van der Waals surface area contributed by atoms with E-state index in [1.165, 1.54) is 0 Å². The lowest BCUT2D eigenvalue weighted by atomic mass is 10.1. The van der Waals surface area contributed by atoms with E-state index in [-0.39, 0.29) is 0 Å². The number of aromatic nitrogens is 1. The summed E-state index contributed by atoms with van der Waals surface area (Å²) in [6.07, 6.45) is 0.644. The quantitative estimate of drug-likeness (QED) is 0.892. The van der Waals surface area contributed by atoms with Crippen LogP contribution in [0, 0.1) is 6.92 Å². The Bertz CT molecular complexity index is 494. The third kappa shape index (κ3) is 2.10. The van der Waals surface area contributed by atoms with Crippen molar-refractivity contribution >= 4 is 11.6 Å². The molecule has 0 unspecified atom stereocenters. The number of nitrogens with zero attached hydrogens (tertiary/aromatic N) is 1. The number of nitrogens with two attached hydrogens (primary N) is 1. The van der Waals surface area contributed by atoms with Gasteiger partial charge in [-0.1, -0.05) is 23.7 Å². The largest absolute Gasteiger partial charge is 0.440 e. The molecule has 0 amide bonds. The standard InChI is InChI=1S/C12H13ClN2O/c1-8-12(16-11(15-8)6-7-14)9-4-2-3-5-10(9)13/h2-5H,6-7,14H2,1H3. The molecule has 1 aromatic carbocycles. The van der Waals surface area contributed by atoms with E-state index in [9.17, 15) is 0 Å². The molecule has 0 spiro atoms.